The molecule has 1 nitrogen and oxygen atoms in total. The number of rotatable bonds is 1. The molecule has 0 radical (unpaired) electrons. The zero-order chi connectivity index (χ0) is 14.3. The molecule has 1 heterocycles. The number of pyridine rings is 1. The second-order valence-corrected chi connectivity index (χ2v) is 6.08. The number of hydrogen-bond donors (Lipinski definition) is 0. The molecule has 0 spiro atoms. The predicted octanol–water partition coefficient (Wildman–Crippen LogP) is 5.93. The van der Waals surface area contributed by atoms with Crippen LogP contribution >= 0.6 is 27.5 Å². The van der Waals surface area contributed by atoms with Crippen molar-refractivity contribution in [2.45, 2.75) is 13.8 Å². The lowest BCUT2D eigenvalue weighted by molar-refractivity contribution is 1.31. The van der Waals surface area contributed by atoms with E-state index in [4.69, 9.17) is 11.6 Å². The lowest BCUT2D eigenvalue weighted by Crippen LogP contribution is -1.92. The summed E-state index contributed by atoms with van der Waals surface area (Å²) in [6.07, 6.45) is 0. The monoisotopic (exact) mass is 345 g/mol. The maximum Gasteiger partial charge on any atom is 0.137 e. The van der Waals surface area contributed by atoms with Crippen LogP contribution in [-0.2, 0) is 0 Å². The van der Waals surface area contributed by atoms with Crippen molar-refractivity contribution in [2.24, 2.45) is 0 Å². The quantitative estimate of drug-likeness (QED) is 0.497. The van der Waals surface area contributed by atoms with E-state index >= 15 is 0 Å². The third-order valence-electron chi connectivity index (χ3n) is 3.45. The lowest BCUT2D eigenvalue weighted by atomic mass is 10.0. The summed E-state index contributed by atoms with van der Waals surface area (Å²) in [5.74, 6) is 0. The first-order valence-corrected chi connectivity index (χ1v) is 7.56. The van der Waals surface area contributed by atoms with Crippen molar-refractivity contribution in [1.29, 1.82) is 0 Å². The fourth-order valence-electron chi connectivity index (χ4n) is 2.37. The molecule has 0 N–H and O–H groups in total. The van der Waals surface area contributed by atoms with Crippen LogP contribution in [0.4, 0.5) is 0 Å². The maximum atomic E-state index is 6.36. The molecule has 0 fully saturated rings. The summed E-state index contributed by atoms with van der Waals surface area (Å²) in [4.78, 5) is 4.58. The summed E-state index contributed by atoms with van der Waals surface area (Å²) in [6.45, 7) is 4.16. The van der Waals surface area contributed by atoms with Crippen LogP contribution in [0.5, 0.6) is 0 Å². The highest BCUT2D eigenvalue weighted by molar-refractivity contribution is 9.10. The molecule has 0 aliphatic heterocycles. The molecule has 0 atom stereocenters. The highest BCUT2D eigenvalue weighted by Gasteiger charge is 2.14. The van der Waals surface area contributed by atoms with Gasteiger partial charge >= 0.3 is 0 Å². The van der Waals surface area contributed by atoms with Crippen LogP contribution in [0.1, 0.15) is 11.1 Å². The van der Waals surface area contributed by atoms with Crippen LogP contribution in [0.2, 0.25) is 5.15 Å². The van der Waals surface area contributed by atoms with Gasteiger partial charge in [0.1, 0.15) is 5.15 Å². The smallest absolute Gasteiger partial charge is 0.137 e. The number of nitrogens with zero attached hydrogens (tertiary/aromatic N) is 1. The SMILES string of the molecule is Cc1ccc2c(Cl)nc(-c3ccccc3C)c(Br)c2c1. The normalized spacial score (nSPS) is 11.0. The first-order chi connectivity index (χ1) is 9.58. The zero-order valence-corrected chi connectivity index (χ0v) is 13.6. The molecule has 20 heavy (non-hydrogen) atoms. The first kappa shape index (κ1) is 13.6. The van der Waals surface area contributed by atoms with Crippen LogP contribution in [-0.4, -0.2) is 4.98 Å². The van der Waals surface area contributed by atoms with Gasteiger partial charge in [-0.2, -0.15) is 0 Å². The predicted molar refractivity (Wildman–Crippen MR) is 89.4 cm³/mol. The van der Waals surface area contributed by atoms with Gasteiger partial charge in [-0.3, -0.25) is 0 Å². The van der Waals surface area contributed by atoms with Crippen molar-refractivity contribution in [1.82, 2.24) is 4.98 Å². The Morgan fingerprint density at radius 2 is 1.75 bits per heavy atom. The van der Waals surface area contributed by atoms with E-state index in [-0.39, 0.29) is 0 Å². The number of fused-ring (bicyclic) bond motifs is 1. The number of hydrogen-bond acceptors (Lipinski definition) is 1. The molecule has 0 aliphatic carbocycles. The molecule has 3 heteroatoms. The summed E-state index contributed by atoms with van der Waals surface area (Å²) >= 11 is 10.1. The van der Waals surface area contributed by atoms with E-state index in [1.165, 1.54) is 11.1 Å². The molecule has 1 aromatic heterocycles. The van der Waals surface area contributed by atoms with Crippen molar-refractivity contribution in [2.75, 3.05) is 0 Å². The third kappa shape index (κ3) is 2.23. The highest BCUT2D eigenvalue weighted by Crippen LogP contribution is 2.37. The summed E-state index contributed by atoms with van der Waals surface area (Å²) in [6, 6.07) is 14.4. The standard InChI is InChI=1S/C17H13BrClN/c1-10-7-8-13-14(9-10)15(18)16(20-17(13)19)12-6-4-3-5-11(12)2/h3-9H,1-2H3. The average Bonchev–Trinajstić information content (AvgIpc) is 2.43. The largest absolute Gasteiger partial charge is 0.234 e. The van der Waals surface area contributed by atoms with Gasteiger partial charge < -0.3 is 0 Å². The molecular weight excluding hydrogens is 334 g/mol. The molecule has 0 unspecified atom stereocenters. The van der Waals surface area contributed by atoms with Crippen LogP contribution in [0.3, 0.4) is 0 Å². The van der Waals surface area contributed by atoms with Gasteiger partial charge in [0.25, 0.3) is 0 Å². The Balaban J connectivity index is 2.38. The molecule has 3 aromatic rings. The average molecular weight is 347 g/mol. The molecule has 0 saturated heterocycles. The zero-order valence-electron chi connectivity index (χ0n) is 11.2. The van der Waals surface area contributed by atoms with Gasteiger partial charge in [0.05, 0.1) is 10.2 Å². The Morgan fingerprint density at radius 1 is 1.00 bits per heavy atom. The maximum absolute atomic E-state index is 6.36. The Labute approximate surface area is 131 Å². The van der Waals surface area contributed by atoms with Gasteiger partial charge in [0, 0.05) is 16.3 Å². The summed E-state index contributed by atoms with van der Waals surface area (Å²) in [7, 11) is 0. The van der Waals surface area contributed by atoms with Crippen LogP contribution in [0.15, 0.2) is 46.9 Å². The fraction of sp³-hybridized carbons (Fsp3) is 0.118. The van der Waals surface area contributed by atoms with Gasteiger partial charge in [0.2, 0.25) is 0 Å². The van der Waals surface area contributed by atoms with Gasteiger partial charge in [0.15, 0.2) is 0 Å². The van der Waals surface area contributed by atoms with Gasteiger partial charge in [-0.1, -0.05) is 59.6 Å². The van der Waals surface area contributed by atoms with Gasteiger partial charge in [-0.25, -0.2) is 4.98 Å². The molecule has 100 valence electrons. The Kier molecular flexibility index (Phi) is 3.53. The van der Waals surface area contributed by atoms with E-state index < -0.39 is 0 Å². The van der Waals surface area contributed by atoms with Crippen LogP contribution < -0.4 is 0 Å². The van der Waals surface area contributed by atoms with Crippen LogP contribution in [0.25, 0.3) is 22.0 Å². The Morgan fingerprint density at radius 3 is 2.50 bits per heavy atom. The van der Waals surface area contributed by atoms with E-state index in [0.29, 0.717) is 5.15 Å². The van der Waals surface area contributed by atoms with Crippen LogP contribution in [0, 0.1) is 13.8 Å². The van der Waals surface area contributed by atoms with Crippen molar-refractivity contribution >= 4 is 38.3 Å². The summed E-state index contributed by atoms with van der Waals surface area (Å²) in [5.41, 5.74) is 4.39. The molecule has 3 rings (SSSR count). The van der Waals surface area contributed by atoms with E-state index in [0.717, 1.165) is 26.5 Å². The molecule has 0 amide bonds. The second-order valence-electron chi connectivity index (χ2n) is 4.93. The van der Waals surface area contributed by atoms with Crippen molar-refractivity contribution in [3.63, 3.8) is 0 Å². The van der Waals surface area contributed by atoms with Gasteiger partial charge in [-0.05, 0) is 35.3 Å². The van der Waals surface area contributed by atoms with Gasteiger partial charge in [-0.15, -0.1) is 0 Å². The third-order valence-corrected chi connectivity index (χ3v) is 4.54. The summed E-state index contributed by atoms with van der Waals surface area (Å²) < 4.78 is 0.995. The lowest BCUT2D eigenvalue weighted by Gasteiger charge is -2.11. The topological polar surface area (TPSA) is 12.9 Å². The highest BCUT2D eigenvalue weighted by atomic mass is 79.9. The van der Waals surface area contributed by atoms with Crippen molar-refractivity contribution in [3.05, 3.63) is 63.2 Å². The first-order valence-electron chi connectivity index (χ1n) is 6.39. The minimum Gasteiger partial charge on any atom is -0.234 e. The van der Waals surface area contributed by atoms with E-state index in [2.05, 4.69) is 59.0 Å². The van der Waals surface area contributed by atoms with E-state index in [1.54, 1.807) is 0 Å². The Hall–Kier alpha value is -1.38. The minimum absolute atomic E-state index is 0.543. The van der Waals surface area contributed by atoms with E-state index in [9.17, 15) is 0 Å². The Bertz CT molecular complexity index is 811. The molecule has 0 bridgehead atoms. The molecular formula is C17H13BrClN. The second kappa shape index (κ2) is 5.19. The van der Waals surface area contributed by atoms with Crippen molar-refractivity contribution in [3.8, 4) is 11.3 Å². The van der Waals surface area contributed by atoms with Crippen molar-refractivity contribution < 1.29 is 0 Å². The molecule has 0 saturated carbocycles. The van der Waals surface area contributed by atoms with E-state index in [1.807, 2.05) is 18.2 Å². The number of aromatic nitrogens is 1. The molecule has 0 aliphatic rings. The molecule has 2 aromatic carbocycles. The number of halogens is 2. The minimum atomic E-state index is 0.543. The fourth-order valence-corrected chi connectivity index (χ4v) is 3.25. The number of aryl methyl sites for hydroxylation is 2. The summed E-state index contributed by atoms with van der Waals surface area (Å²) in [5, 5.41) is 2.62. The number of benzene rings is 2.